The first-order valence-corrected chi connectivity index (χ1v) is 7.05. The Hall–Kier alpha value is -1.10. The zero-order chi connectivity index (χ0) is 13.9. The highest BCUT2D eigenvalue weighted by Crippen LogP contribution is 2.16. The second-order valence-electron chi connectivity index (χ2n) is 4.58. The van der Waals surface area contributed by atoms with Gasteiger partial charge in [0.25, 0.3) is 0 Å². The quantitative estimate of drug-likeness (QED) is 0.675. The minimum Gasteiger partial charge on any atom is -0.492 e. The molecule has 0 bridgehead atoms. The fourth-order valence-corrected chi connectivity index (χ4v) is 1.96. The first kappa shape index (κ1) is 16.0. The van der Waals surface area contributed by atoms with Crippen LogP contribution in [0.5, 0.6) is 5.75 Å². The number of hydrogen-bond acceptors (Lipinski definition) is 4. The third-order valence-electron chi connectivity index (χ3n) is 3.10. The second-order valence-corrected chi connectivity index (χ2v) is 4.58. The van der Waals surface area contributed by atoms with Crippen LogP contribution >= 0.6 is 0 Å². The maximum absolute atomic E-state index is 9.04. The molecule has 4 heteroatoms. The number of aliphatic hydroxyl groups is 1. The van der Waals surface area contributed by atoms with Gasteiger partial charge in [0, 0.05) is 25.2 Å². The Morgan fingerprint density at radius 2 is 2.00 bits per heavy atom. The van der Waals surface area contributed by atoms with E-state index in [-0.39, 0.29) is 6.61 Å². The standard InChI is InChI=1S/C15H26N2O2/c1-2-3-8-17(9-11-18)10-12-19-15-7-5-4-6-14(15)13-16/h4-7,18H,2-3,8-13,16H2,1H3. The fourth-order valence-electron chi connectivity index (χ4n) is 1.96. The molecule has 0 aliphatic heterocycles. The summed E-state index contributed by atoms with van der Waals surface area (Å²) in [5.74, 6) is 0.865. The molecule has 0 amide bonds. The van der Waals surface area contributed by atoms with Gasteiger partial charge < -0.3 is 15.6 Å². The van der Waals surface area contributed by atoms with E-state index in [2.05, 4.69) is 11.8 Å². The molecular formula is C15H26N2O2. The Morgan fingerprint density at radius 3 is 2.68 bits per heavy atom. The van der Waals surface area contributed by atoms with E-state index in [4.69, 9.17) is 15.6 Å². The van der Waals surface area contributed by atoms with E-state index >= 15 is 0 Å². The Kier molecular flexibility index (Phi) is 8.21. The molecule has 1 aromatic carbocycles. The highest BCUT2D eigenvalue weighted by atomic mass is 16.5. The van der Waals surface area contributed by atoms with Gasteiger partial charge in [-0.1, -0.05) is 31.5 Å². The average molecular weight is 266 g/mol. The van der Waals surface area contributed by atoms with E-state index < -0.39 is 0 Å². The van der Waals surface area contributed by atoms with Crippen LogP contribution in [-0.4, -0.2) is 42.9 Å². The Labute approximate surface area is 116 Å². The van der Waals surface area contributed by atoms with Gasteiger partial charge in [-0.15, -0.1) is 0 Å². The molecule has 4 nitrogen and oxygen atoms in total. The van der Waals surface area contributed by atoms with Crippen molar-refractivity contribution in [3.8, 4) is 5.75 Å². The van der Waals surface area contributed by atoms with Crippen LogP contribution in [0, 0.1) is 0 Å². The maximum Gasteiger partial charge on any atom is 0.123 e. The lowest BCUT2D eigenvalue weighted by atomic mass is 10.2. The average Bonchev–Trinajstić information content (AvgIpc) is 2.45. The molecule has 0 aromatic heterocycles. The molecule has 0 spiro atoms. The lowest BCUT2D eigenvalue weighted by Crippen LogP contribution is -2.32. The first-order valence-electron chi connectivity index (χ1n) is 7.05. The predicted octanol–water partition coefficient (Wildman–Crippen LogP) is 1.62. The van der Waals surface area contributed by atoms with Crippen LogP contribution in [0.2, 0.25) is 0 Å². The third kappa shape index (κ3) is 6.05. The number of para-hydroxylation sites is 1. The van der Waals surface area contributed by atoms with Crippen molar-refractivity contribution in [1.29, 1.82) is 0 Å². The SMILES string of the molecule is CCCCN(CCO)CCOc1ccccc1CN. The van der Waals surface area contributed by atoms with Crippen molar-refractivity contribution in [3.05, 3.63) is 29.8 Å². The van der Waals surface area contributed by atoms with Crippen molar-refractivity contribution in [1.82, 2.24) is 4.90 Å². The highest BCUT2D eigenvalue weighted by Gasteiger charge is 2.05. The smallest absolute Gasteiger partial charge is 0.123 e. The summed E-state index contributed by atoms with van der Waals surface area (Å²) in [5.41, 5.74) is 6.70. The number of ether oxygens (including phenoxy) is 1. The number of aliphatic hydroxyl groups excluding tert-OH is 1. The van der Waals surface area contributed by atoms with Gasteiger partial charge in [0.15, 0.2) is 0 Å². The molecule has 0 saturated heterocycles. The van der Waals surface area contributed by atoms with Crippen LogP contribution < -0.4 is 10.5 Å². The monoisotopic (exact) mass is 266 g/mol. The predicted molar refractivity (Wildman–Crippen MR) is 78.3 cm³/mol. The molecule has 0 heterocycles. The molecule has 0 saturated carbocycles. The number of hydrogen-bond donors (Lipinski definition) is 2. The molecule has 19 heavy (non-hydrogen) atoms. The van der Waals surface area contributed by atoms with Crippen LogP contribution in [0.4, 0.5) is 0 Å². The van der Waals surface area contributed by atoms with Gasteiger partial charge in [-0.25, -0.2) is 0 Å². The van der Waals surface area contributed by atoms with E-state index in [0.717, 1.165) is 30.8 Å². The van der Waals surface area contributed by atoms with Crippen LogP contribution in [0.15, 0.2) is 24.3 Å². The van der Waals surface area contributed by atoms with E-state index in [1.54, 1.807) is 0 Å². The van der Waals surface area contributed by atoms with Crippen LogP contribution in [0.3, 0.4) is 0 Å². The largest absolute Gasteiger partial charge is 0.492 e. The minimum absolute atomic E-state index is 0.198. The van der Waals surface area contributed by atoms with Gasteiger partial charge in [-0.05, 0) is 19.0 Å². The highest BCUT2D eigenvalue weighted by molar-refractivity contribution is 5.32. The molecular weight excluding hydrogens is 240 g/mol. The van der Waals surface area contributed by atoms with Gasteiger partial charge >= 0.3 is 0 Å². The molecule has 1 aromatic rings. The van der Waals surface area contributed by atoms with Crippen LogP contribution in [0.1, 0.15) is 25.3 Å². The number of benzene rings is 1. The molecule has 0 unspecified atom stereocenters. The second kappa shape index (κ2) is 9.78. The summed E-state index contributed by atoms with van der Waals surface area (Å²) in [6.07, 6.45) is 2.32. The summed E-state index contributed by atoms with van der Waals surface area (Å²) in [6.45, 7) is 6.04. The van der Waals surface area contributed by atoms with Crippen molar-refractivity contribution in [3.63, 3.8) is 0 Å². The van der Waals surface area contributed by atoms with E-state index in [1.807, 2.05) is 24.3 Å². The Morgan fingerprint density at radius 1 is 1.21 bits per heavy atom. The van der Waals surface area contributed by atoms with E-state index in [0.29, 0.717) is 19.7 Å². The number of nitrogens with two attached hydrogens (primary N) is 1. The van der Waals surface area contributed by atoms with Gasteiger partial charge in [-0.3, -0.25) is 4.90 Å². The van der Waals surface area contributed by atoms with Crippen LogP contribution in [0.25, 0.3) is 0 Å². The van der Waals surface area contributed by atoms with Crippen molar-refractivity contribution in [2.75, 3.05) is 32.8 Å². The van der Waals surface area contributed by atoms with Gasteiger partial charge in [0.05, 0.1) is 6.61 Å². The van der Waals surface area contributed by atoms with Gasteiger partial charge in [0.1, 0.15) is 12.4 Å². The molecule has 1 rings (SSSR count). The van der Waals surface area contributed by atoms with Crippen molar-refractivity contribution in [2.24, 2.45) is 5.73 Å². The topological polar surface area (TPSA) is 58.7 Å². The van der Waals surface area contributed by atoms with Crippen LogP contribution in [-0.2, 0) is 6.54 Å². The molecule has 0 radical (unpaired) electrons. The lowest BCUT2D eigenvalue weighted by Gasteiger charge is -2.21. The normalized spacial score (nSPS) is 10.9. The van der Waals surface area contributed by atoms with Crippen molar-refractivity contribution >= 4 is 0 Å². The summed E-state index contributed by atoms with van der Waals surface area (Å²) < 4.78 is 5.78. The van der Waals surface area contributed by atoms with Crippen molar-refractivity contribution in [2.45, 2.75) is 26.3 Å². The summed E-state index contributed by atoms with van der Waals surface area (Å²) >= 11 is 0. The minimum atomic E-state index is 0.198. The maximum atomic E-state index is 9.04. The first-order chi connectivity index (χ1) is 9.31. The molecule has 0 atom stereocenters. The van der Waals surface area contributed by atoms with E-state index in [1.165, 1.54) is 6.42 Å². The summed E-state index contributed by atoms with van der Waals surface area (Å²) in [7, 11) is 0. The summed E-state index contributed by atoms with van der Waals surface area (Å²) in [4.78, 5) is 2.23. The Balaban J connectivity index is 2.38. The molecule has 0 fully saturated rings. The molecule has 108 valence electrons. The van der Waals surface area contributed by atoms with Gasteiger partial charge in [-0.2, -0.15) is 0 Å². The number of rotatable bonds is 10. The van der Waals surface area contributed by atoms with Gasteiger partial charge in [0.2, 0.25) is 0 Å². The Bertz CT molecular complexity index is 345. The zero-order valence-corrected chi connectivity index (χ0v) is 11.8. The molecule has 0 aliphatic rings. The lowest BCUT2D eigenvalue weighted by molar-refractivity contribution is 0.166. The number of nitrogens with zero attached hydrogens (tertiary/aromatic N) is 1. The number of unbranched alkanes of at least 4 members (excludes halogenated alkanes) is 1. The van der Waals surface area contributed by atoms with E-state index in [9.17, 15) is 0 Å². The zero-order valence-electron chi connectivity index (χ0n) is 11.8. The molecule has 3 N–H and O–H groups in total. The van der Waals surface area contributed by atoms with Crippen molar-refractivity contribution < 1.29 is 9.84 Å². The summed E-state index contributed by atoms with van der Waals surface area (Å²) in [5, 5.41) is 9.04. The third-order valence-corrected chi connectivity index (χ3v) is 3.10. The summed E-state index contributed by atoms with van der Waals surface area (Å²) in [6, 6.07) is 7.86. The fraction of sp³-hybridized carbons (Fsp3) is 0.600. The molecule has 0 aliphatic carbocycles.